The molecule has 1 aliphatic carbocycles. The summed E-state index contributed by atoms with van der Waals surface area (Å²) in [5.74, 6) is 0.453. The van der Waals surface area contributed by atoms with E-state index in [1.165, 1.54) is 17.5 Å². The molecular weight excluding hydrogens is 346 g/mol. The van der Waals surface area contributed by atoms with Crippen LogP contribution in [0.3, 0.4) is 0 Å². The molecular formula is C24H23N3O. The lowest BCUT2D eigenvalue weighted by molar-refractivity contribution is 0.139. The number of hydrogen-bond donors (Lipinski definition) is 1. The number of fused-ring (bicyclic) bond motifs is 2. The van der Waals surface area contributed by atoms with Crippen LogP contribution in [0.1, 0.15) is 41.5 Å². The van der Waals surface area contributed by atoms with Crippen molar-refractivity contribution in [1.82, 2.24) is 9.88 Å². The van der Waals surface area contributed by atoms with Crippen LogP contribution in [0.15, 0.2) is 66.9 Å². The molecule has 0 radical (unpaired) electrons. The van der Waals surface area contributed by atoms with Crippen molar-refractivity contribution < 1.29 is 4.79 Å². The lowest BCUT2D eigenvalue weighted by Gasteiger charge is -2.46. The minimum Gasteiger partial charge on any atom is -0.317 e. The van der Waals surface area contributed by atoms with Crippen molar-refractivity contribution in [2.45, 2.75) is 31.7 Å². The van der Waals surface area contributed by atoms with Gasteiger partial charge in [0, 0.05) is 29.9 Å². The lowest BCUT2D eigenvalue weighted by Crippen LogP contribution is -2.47. The molecule has 1 fully saturated rings. The van der Waals surface area contributed by atoms with E-state index in [1.54, 1.807) is 6.20 Å². The van der Waals surface area contributed by atoms with Crippen LogP contribution in [0.2, 0.25) is 0 Å². The highest BCUT2D eigenvalue weighted by Gasteiger charge is 2.40. The monoisotopic (exact) mass is 369 g/mol. The van der Waals surface area contributed by atoms with E-state index < -0.39 is 0 Å². The fraction of sp³-hybridized carbons (Fsp3) is 0.250. The third kappa shape index (κ3) is 2.85. The summed E-state index contributed by atoms with van der Waals surface area (Å²) in [6.45, 7) is 2.86. The van der Waals surface area contributed by atoms with Crippen LogP contribution < -0.4 is 5.32 Å². The molecule has 2 aromatic carbocycles. The van der Waals surface area contributed by atoms with Crippen molar-refractivity contribution in [3.05, 3.63) is 83.6 Å². The van der Waals surface area contributed by atoms with Crippen molar-refractivity contribution in [2.75, 3.05) is 11.9 Å². The first kappa shape index (κ1) is 17.0. The molecule has 0 saturated carbocycles. The Bertz CT molecular complexity index is 1030. The summed E-state index contributed by atoms with van der Waals surface area (Å²) in [7, 11) is 0. The Hall–Kier alpha value is -3.14. The first-order chi connectivity index (χ1) is 13.7. The molecule has 3 aromatic rings. The third-order valence-electron chi connectivity index (χ3n) is 6.07. The smallest absolute Gasteiger partial charge is 0.317 e. The van der Waals surface area contributed by atoms with Crippen molar-refractivity contribution in [3.8, 4) is 11.3 Å². The van der Waals surface area contributed by atoms with Gasteiger partial charge in [0.1, 0.15) is 0 Å². The minimum atomic E-state index is -0.0139. The number of urea groups is 1. The quantitative estimate of drug-likeness (QED) is 0.646. The van der Waals surface area contributed by atoms with E-state index >= 15 is 0 Å². The fourth-order valence-corrected chi connectivity index (χ4v) is 4.65. The molecule has 4 nitrogen and oxygen atoms in total. The number of nitrogens with zero attached hydrogens (tertiary/aromatic N) is 2. The van der Waals surface area contributed by atoms with Gasteiger partial charge in [-0.25, -0.2) is 4.79 Å². The highest BCUT2D eigenvalue weighted by atomic mass is 16.2. The summed E-state index contributed by atoms with van der Waals surface area (Å²) in [6.07, 6.45) is 4.00. The van der Waals surface area contributed by atoms with Gasteiger partial charge in [-0.2, -0.15) is 0 Å². The van der Waals surface area contributed by atoms with Crippen LogP contribution >= 0.6 is 0 Å². The zero-order chi connectivity index (χ0) is 19.1. The summed E-state index contributed by atoms with van der Waals surface area (Å²) in [5.41, 5.74) is 6.66. The minimum absolute atomic E-state index is 0.0139. The van der Waals surface area contributed by atoms with E-state index in [0.29, 0.717) is 5.92 Å². The van der Waals surface area contributed by atoms with Crippen LogP contribution in [0.4, 0.5) is 10.5 Å². The van der Waals surface area contributed by atoms with Crippen LogP contribution in [0.25, 0.3) is 11.3 Å². The summed E-state index contributed by atoms with van der Waals surface area (Å²) < 4.78 is 0. The maximum absolute atomic E-state index is 13.1. The van der Waals surface area contributed by atoms with Gasteiger partial charge in [-0.15, -0.1) is 0 Å². The molecule has 2 atom stereocenters. The van der Waals surface area contributed by atoms with Crippen LogP contribution in [0, 0.1) is 6.92 Å². The molecule has 6 rings (SSSR count). The third-order valence-corrected chi connectivity index (χ3v) is 6.07. The Morgan fingerprint density at radius 1 is 1.04 bits per heavy atom. The first-order valence-electron chi connectivity index (χ1n) is 9.89. The Balaban J connectivity index is 1.40. The molecule has 2 aliphatic heterocycles. The van der Waals surface area contributed by atoms with Gasteiger partial charge in [0.2, 0.25) is 0 Å². The van der Waals surface area contributed by atoms with Crippen LogP contribution in [0.5, 0.6) is 0 Å². The zero-order valence-electron chi connectivity index (χ0n) is 15.9. The van der Waals surface area contributed by atoms with Gasteiger partial charge < -0.3 is 10.2 Å². The Kier molecular flexibility index (Phi) is 4.12. The number of pyridine rings is 1. The van der Waals surface area contributed by atoms with Gasteiger partial charge >= 0.3 is 6.03 Å². The zero-order valence-corrected chi connectivity index (χ0v) is 15.9. The average Bonchev–Trinajstić information content (AvgIpc) is 2.76. The molecule has 1 N–H and O–H groups in total. The maximum Gasteiger partial charge on any atom is 0.322 e. The number of aryl methyl sites for hydroxylation is 1. The Morgan fingerprint density at radius 3 is 2.68 bits per heavy atom. The number of nitrogens with one attached hydrogen (secondary N) is 1. The van der Waals surface area contributed by atoms with Crippen molar-refractivity contribution in [1.29, 1.82) is 0 Å². The predicted octanol–water partition coefficient (Wildman–Crippen LogP) is 5.52. The number of carbonyl (C=O) groups is 1. The summed E-state index contributed by atoms with van der Waals surface area (Å²) in [4.78, 5) is 19.6. The number of carbonyl (C=O) groups excluding carboxylic acids is 1. The van der Waals surface area contributed by atoms with E-state index in [2.05, 4.69) is 41.5 Å². The molecule has 2 amide bonds. The van der Waals surface area contributed by atoms with Gasteiger partial charge in [-0.1, -0.05) is 36.4 Å². The molecule has 140 valence electrons. The topological polar surface area (TPSA) is 45.2 Å². The van der Waals surface area contributed by atoms with E-state index in [1.807, 2.05) is 41.3 Å². The SMILES string of the molecule is Cc1ccc(NC(=O)N2C[C@@H]3CC[C@H]2c2ccccc23)cc1-c1ccccn1. The maximum atomic E-state index is 13.1. The number of hydrogen-bond acceptors (Lipinski definition) is 2. The highest BCUT2D eigenvalue weighted by molar-refractivity contribution is 5.91. The Morgan fingerprint density at radius 2 is 1.86 bits per heavy atom. The second kappa shape index (κ2) is 6.79. The van der Waals surface area contributed by atoms with Crippen LogP contribution in [-0.4, -0.2) is 22.5 Å². The molecule has 4 heteroatoms. The molecule has 1 aromatic heterocycles. The fourth-order valence-electron chi connectivity index (χ4n) is 4.65. The first-order valence-corrected chi connectivity index (χ1v) is 9.89. The number of rotatable bonds is 2. The number of aromatic nitrogens is 1. The predicted molar refractivity (Wildman–Crippen MR) is 111 cm³/mol. The van der Waals surface area contributed by atoms with E-state index in [-0.39, 0.29) is 12.1 Å². The van der Waals surface area contributed by atoms with E-state index in [4.69, 9.17) is 0 Å². The normalized spacial score (nSPS) is 20.0. The standard InChI is InChI=1S/C24H23N3O/c1-16-9-11-18(14-21(16)22-8-4-5-13-25-22)26-24(28)27-15-17-10-12-23(27)20-7-3-2-6-19(17)20/h2-9,11,13-14,17,23H,10,12,15H2,1H3,(H,26,28)/t17-,23-/m0/s1. The largest absolute Gasteiger partial charge is 0.322 e. The highest BCUT2D eigenvalue weighted by Crippen LogP contribution is 2.46. The van der Waals surface area contributed by atoms with Gasteiger partial charge in [-0.05, 0) is 60.7 Å². The van der Waals surface area contributed by atoms with Crippen molar-refractivity contribution >= 4 is 11.7 Å². The summed E-state index contributed by atoms with van der Waals surface area (Å²) in [6, 6.07) is 20.7. The molecule has 28 heavy (non-hydrogen) atoms. The van der Waals surface area contributed by atoms with Gasteiger partial charge in [0.15, 0.2) is 0 Å². The molecule has 0 unspecified atom stereocenters. The summed E-state index contributed by atoms with van der Waals surface area (Å²) >= 11 is 0. The lowest BCUT2D eigenvalue weighted by atomic mass is 9.75. The molecule has 3 aliphatic rings. The van der Waals surface area contributed by atoms with Crippen molar-refractivity contribution in [3.63, 3.8) is 0 Å². The van der Waals surface area contributed by atoms with Gasteiger partial charge in [0.05, 0.1) is 11.7 Å². The second-order valence-electron chi connectivity index (χ2n) is 7.75. The van der Waals surface area contributed by atoms with Crippen LogP contribution in [-0.2, 0) is 0 Å². The number of piperidine rings is 1. The van der Waals surface area contributed by atoms with Crippen molar-refractivity contribution in [2.24, 2.45) is 0 Å². The number of benzene rings is 2. The second-order valence-corrected chi connectivity index (χ2v) is 7.75. The summed E-state index contributed by atoms with van der Waals surface area (Å²) in [5, 5.41) is 3.12. The van der Waals surface area contributed by atoms with E-state index in [9.17, 15) is 4.79 Å². The molecule has 3 heterocycles. The van der Waals surface area contributed by atoms with Gasteiger partial charge in [0.25, 0.3) is 0 Å². The van der Waals surface area contributed by atoms with Gasteiger partial charge in [-0.3, -0.25) is 4.98 Å². The Labute approximate surface area is 165 Å². The average molecular weight is 369 g/mol. The number of amides is 2. The molecule has 1 saturated heterocycles. The molecule has 0 spiro atoms. The number of anilines is 1. The van der Waals surface area contributed by atoms with E-state index in [0.717, 1.165) is 35.5 Å². The molecule has 2 bridgehead atoms.